The molecule has 0 aliphatic carbocycles. The predicted octanol–water partition coefficient (Wildman–Crippen LogP) is 7.95. The van der Waals surface area contributed by atoms with Gasteiger partial charge >= 0.3 is 0 Å². The lowest BCUT2D eigenvalue weighted by Crippen LogP contribution is -2.41. The summed E-state index contributed by atoms with van der Waals surface area (Å²) in [7, 11) is 0. The lowest BCUT2D eigenvalue weighted by atomic mass is 9.71. The molecule has 0 amide bonds. The summed E-state index contributed by atoms with van der Waals surface area (Å²) in [6.07, 6.45) is 18.6. The molecule has 0 saturated carbocycles. The second-order valence-electron chi connectivity index (χ2n) is 8.81. The summed E-state index contributed by atoms with van der Waals surface area (Å²) in [4.78, 5) is 4.95. The summed E-state index contributed by atoms with van der Waals surface area (Å²) >= 11 is 0. The van der Waals surface area contributed by atoms with E-state index < -0.39 is 0 Å². The van der Waals surface area contributed by atoms with Crippen LogP contribution in [0, 0.1) is 11.3 Å². The highest BCUT2D eigenvalue weighted by Gasteiger charge is 2.41. The Morgan fingerprint density at radius 2 is 1.35 bits per heavy atom. The Morgan fingerprint density at radius 1 is 0.846 bits per heavy atom. The first-order chi connectivity index (χ1) is 12.6. The topological polar surface area (TPSA) is 21.6 Å². The van der Waals surface area contributed by atoms with Crippen LogP contribution in [0.1, 0.15) is 125 Å². The molecule has 1 unspecified atom stereocenters. The minimum atomic E-state index is 0.272. The fourth-order valence-corrected chi connectivity index (χ4v) is 4.53. The molecular formula is C24H47NO. The van der Waals surface area contributed by atoms with Crippen molar-refractivity contribution in [3.63, 3.8) is 0 Å². The molecule has 0 saturated heterocycles. The van der Waals surface area contributed by atoms with Crippen molar-refractivity contribution < 1.29 is 4.74 Å². The summed E-state index contributed by atoms with van der Waals surface area (Å²) < 4.78 is 6.31. The Hall–Kier alpha value is -0.370. The van der Waals surface area contributed by atoms with Gasteiger partial charge in [-0.15, -0.1) is 0 Å². The van der Waals surface area contributed by atoms with Crippen LogP contribution in [0.15, 0.2) is 4.99 Å². The molecule has 2 heteroatoms. The van der Waals surface area contributed by atoms with Crippen LogP contribution in [0.2, 0.25) is 0 Å². The number of aliphatic imine (C=N–C) groups is 1. The molecule has 154 valence electrons. The smallest absolute Gasteiger partial charge is 0.138 e. The van der Waals surface area contributed by atoms with Crippen molar-refractivity contribution in [3.05, 3.63) is 0 Å². The Bertz CT molecular complexity index is 358. The average molecular weight is 366 g/mol. The normalized spacial score (nSPS) is 17.9. The molecule has 1 atom stereocenters. The van der Waals surface area contributed by atoms with E-state index in [4.69, 9.17) is 9.73 Å². The van der Waals surface area contributed by atoms with Crippen LogP contribution in [0.4, 0.5) is 0 Å². The van der Waals surface area contributed by atoms with Gasteiger partial charge in [-0.05, 0) is 37.0 Å². The van der Waals surface area contributed by atoms with E-state index in [0.717, 1.165) is 0 Å². The first kappa shape index (κ1) is 23.7. The molecule has 2 nitrogen and oxygen atoms in total. The zero-order valence-electron chi connectivity index (χ0n) is 18.6. The Labute approximate surface area is 164 Å². The maximum Gasteiger partial charge on any atom is 0.138 e. The third-order valence-corrected chi connectivity index (χ3v) is 6.32. The molecule has 0 fully saturated rings. The van der Waals surface area contributed by atoms with Gasteiger partial charge < -0.3 is 4.74 Å². The molecule has 1 heterocycles. The minimum Gasteiger partial charge on any atom is -0.350 e. The van der Waals surface area contributed by atoms with Gasteiger partial charge in [0.1, 0.15) is 12.8 Å². The maximum atomic E-state index is 6.31. The molecule has 0 N–H and O–H groups in total. The third-order valence-electron chi connectivity index (χ3n) is 6.32. The molecule has 26 heavy (non-hydrogen) atoms. The lowest BCUT2D eigenvalue weighted by Gasteiger charge is -2.38. The van der Waals surface area contributed by atoms with E-state index in [1.807, 2.05) is 0 Å². The second kappa shape index (κ2) is 13.7. The van der Waals surface area contributed by atoms with E-state index in [1.54, 1.807) is 0 Å². The zero-order valence-corrected chi connectivity index (χ0v) is 18.6. The maximum absolute atomic E-state index is 6.31. The minimum absolute atomic E-state index is 0.272. The molecule has 0 radical (unpaired) electrons. The fourth-order valence-electron chi connectivity index (χ4n) is 4.53. The number of nitrogens with zero attached hydrogens (tertiary/aromatic N) is 1. The van der Waals surface area contributed by atoms with Crippen molar-refractivity contribution >= 4 is 5.71 Å². The van der Waals surface area contributed by atoms with Gasteiger partial charge in [0.2, 0.25) is 0 Å². The number of unbranched alkanes of at least 4 members (excludes halogenated alkanes) is 6. The molecule has 0 spiro atoms. The summed E-state index contributed by atoms with van der Waals surface area (Å²) in [5.41, 5.74) is 1.71. The monoisotopic (exact) mass is 365 g/mol. The first-order valence-corrected chi connectivity index (χ1v) is 11.8. The number of rotatable bonds is 16. The Morgan fingerprint density at radius 3 is 1.81 bits per heavy atom. The Balaban J connectivity index is 2.87. The van der Waals surface area contributed by atoms with E-state index in [0.29, 0.717) is 12.6 Å². The largest absolute Gasteiger partial charge is 0.350 e. The van der Waals surface area contributed by atoms with Crippen LogP contribution in [-0.4, -0.2) is 18.5 Å². The highest BCUT2D eigenvalue weighted by atomic mass is 16.5. The predicted molar refractivity (Wildman–Crippen MR) is 116 cm³/mol. The number of ether oxygens (including phenoxy) is 1. The van der Waals surface area contributed by atoms with Crippen LogP contribution >= 0.6 is 0 Å². The third kappa shape index (κ3) is 7.71. The van der Waals surface area contributed by atoms with E-state index in [2.05, 4.69) is 34.6 Å². The van der Waals surface area contributed by atoms with Gasteiger partial charge in [0.15, 0.2) is 0 Å². The van der Waals surface area contributed by atoms with Crippen molar-refractivity contribution in [2.45, 2.75) is 131 Å². The Kier molecular flexibility index (Phi) is 12.5. The summed E-state index contributed by atoms with van der Waals surface area (Å²) in [6, 6.07) is 0. The molecule has 0 aromatic heterocycles. The van der Waals surface area contributed by atoms with E-state index >= 15 is 0 Å². The standard InChI is InChI=1S/C24H47NO/c1-6-10-14-16-21(17-15-11-7-2)22-23(26-20-25-22)24(5,18-12-8-3)19-13-9-4/h21,23H,6-20H2,1-5H3. The first-order valence-electron chi connectivity index (χ1n) is 11.8. The molecule has 1 rings (SSSR count). The van der Waals surface area contributed by atoms with Gasteiger partial charge in [0.05, 0.1) is 0 Å². The molecular weight excluding hydrogens is 318 g/mol. The van der Waals surface area contributed by atoms with Crippen LogP contribution in [0.25, 0.3) is 0 Å². The van der Waals surface area contributed by atoms with Gasteiger partial charge in [-0.2, -0.15) is 0 Å². The SMILES string of the molecule is CCCCCC(CCCCC)C1=NCOC1C(C)(CCCC)CCCC. The molecule has 0 aromatic carbocycles. The average Bonchev–Trinajstić information content (AvgIpc) is 3.14. The van der Waals surface area contributed by atoms with Gasteiger partial charge in [0, 0.05) is 5.71 Å². The quantitative estimate of drug-likeness (QED) is 0.254. The van der Waals surface area contributed by atoms with Crippen molar-refractivity contribution in [2.75, 3.05) is 6.73 Å². The van der Waals surface area contributed by atoms with E-state index in [9.17, 15) is 0 Å². The van der Waals surface area contributed by atoms with Crippen LogP contribution in [0.5, 0.6) is 0 Å². The summed E-state index contributed by atoms with van der Waals surface area (Å²) in [5.74, 6) is 0.656. The van der Waals surface area contributed by atoms with Crippen molar-refractivity contribution in [1.82, 2.24) is 0 Å². The van der Waals surface area contributed by atoms with Crippen molar-refractivity contribution in [3.8, 4) is 0 Å². The zero-order chi connectivity index (χ0) is 19.3. The second-order valence-corrected chi connectivity index (χ2v) is 8.81. The van der Waals surface area contributed by atoms with Gasteiger partial charge in [-0.25, -0.2) is 0 Å². The molecule has 0 bridgehead atoms. The van der Waals surface area contributed by atoms with Crippen LogP contribution in [-0.2, 0) is 4.74 Å². The fraction of sp³-hybridized carbons (Fsp3) is 0.958. The van der Waals surface area contributed by atoms with Gasteiger partial charge in [-0.1, -0.05) is 98.8 Å². The molecule has 1 aliphatic rings. The van der Waals surface area contributed by atoms with Crippen LogP contribution in [0.3, 0.4) is 0 Å². The van der Waals surface area contributed by atoms with Gasteiger partial charge in [0.25, 0.3) is 0 Å². The summed E-state index contributed by atoms with van der Waals surface area (Å²) in [6.45, 7) is 12.3. The van der Waals surface area contributed by atoms with E-state index in [-0.39, 0.29) is 11.5 Å². The highest BCUT2D eigenvalue weighted by molar-refractivity contribution is 5.92. The molecule has 1 aliphatic heterocycles. The number of hydrogen-bond acceptors (Lipinski definition) is 2. The number of hydrogen-bond donors (Lipinski definition) is 0. The summed E-state index contributed by atoms with van der Waals surface area (Å²) in [5, 5.41) is 0. The molecule has 0 aromatic rings. The highest BCUT2D eigenvalue weighted by Crippen LogP contribution is 2.41. The van der Waals surface area contributed by atoms with Crippen LogP contribution < -0.4 is 0 Å². The lowest BCUT2D eigenvalue weighted by molar-refractivity contribution is 0.0165. The van der Waals surface area contributed by atoms with E-state index in [1.165, 1.54) is 95.6 Å². The van der Waals surface area contributed by atoms with Crippen molar-refractivity contribution in [1.29, 1.82) is 0 Å². The van der Waals surface area contributed by atoms with Gasteiger partial charge in [-0.3, -0.25) is 4.99 Å². The van der Waals surface area contributed by atoms with Crippen molar-refractivity contribution in [2.24, 2.45) is 16.3 Å².